The van der Waals surface area contributed by atoms with E-state index in [4.69, 9.17) is 37.9 Å². The molecular formula is C54H96O16. The molecule has 0 saturated heterocycles. The van der Waals surface area contributed by atoms with E-state index < -0.39 is 36.1 Å². The Bertz CT molecular complexity index is 1380. The second kappa shape index (κ2) is 48.4. The highest BCUT2D eigenvalue weighted by molar-refractivity contribution is 5.70. The van der Waals surface area contributed by atoms with Gasteiger partial charge in [0.2, 0.25) is 0 Å². The molecule has 0 spiro atoms. The molecule has 408 valence electrons. The van der Waals surface area contributed by atoms with Gasteiger partial charge in [0.05, 0.1) is 0 Å². The zero-order valence-corrected chi connectivity index (χ0v) is 44.9. The second-order valence-corrected chi connectivity index (χ2v) is 18.3. The first kappa shape index (κ1) is 67.8. The SMILES string of the molecule is CCCCCCCCC(CCCCCCCCC(=O)OCC(COC(C)=O)OC(C)=O)OC(C)=O.CCCCCCCCCC(CCCCCCCC(=O)OCC(COC(C)=O)OC(C)=O)OC(C)=O. The van der Waals surface area contributed by atoms with Crippen molar-refractivity contribution in [2.24, 2.45) is 0 Å². The lowest BCUT2D eigenvalue weighted by Crippen LogP contribution is -2.29. The minimum Gasteiger partial charge on any atom is -0.463 e. The Morgan fingerprint density at radius 1 is 0.271 bits per heavy atom. The molecule has 0 aliphatic rings. The highest BCUT2D eigenvalue weighted by Crippen LogP contribution is 2.19. The summed E-state index contributed by atoms with van der Waals surface area (Å²) in [5, 5.41) is 0. The van der Waals surface area contributed by atoms with Crippen molar-refractivity contribution in [2.75, 3.05) is 26.4 Å². The first-order chi connectivity index (χ1) is 33.5. The molecule has 0 aromatic heterocycles. The maximum absolute atomic E-state index is 11.9. The molecule has 16 heteroatoms. The fourth-order valence-electron chi connectivity index (χ4n) is 7.63. The van der Waals surface area contributed by atoms with E-state index >= 15 is 0 Å². The van der Waals surface area contributed by atoms with E-state index in [0.717, 1.165) is 103 Å². The molecule has 70 heavy (non-hydrogen) atoms. The topological polar surface area (TPSA) is 210 Å². The number of rotatable bonds is 44. The minimum absolute atomic E-state index is 0.00951. The summed E-state index contributed by atoms with van der Waals surface area (Å²) in [5.41, 5.74) is 0. The monoisotopic (exact) mass is 1000 g/mol. The molecule has 0 bridgehead atoms. The number of unbranched alkanes of at least 4 members (excludes halogenated alkanes) is 20. The number of hydrogen-bond acceptors (Lipinski definition) is 16. The van der Waals surface area contributed by atoms with Crippen molar-refractivity contribution in [3.63, 3.8) is 0 Å². The van der Waals surface area contributed by atoms with Crippen LogP contribution in [0.3, 0.4) is 0 Å². The third-order valence-electron chi connectivity index (χ3n) is 11.2. The maximum atomic E-state index is 11.9. The van der Waals surface area contributed by atoms with Gasteiger partial charge in [-0.1, -0.05) is 129 Å². The van der Waals surface area contributed by atoms with Crippen LogP contribution in [0.5, 0.6) is 0 Å². The molecule has 4 atom stereocenters. The van der Waals surface area contributed by atoms with Gasteiger partial charge in [-0.05, 0) is 64.2 Å². The first-order valence-electron chi connectivity index (χ1n) is 26.8. The summed E-state index contributed by atoms with van der Waals surface area (Å²) in [6.45, 7) is 11.8. The zero-order valence-electron chi connectivity index (χ0n) is 44.9. The molecule has 16 nitrogen and oxygen atoms in total. The van der Waals surface area contributed by atoms with Crippen molar-refractivity contribution >= 4 is 47.8 Å². The van der Waals surface area contributed by atoms with Gasteiger partial charge >= 0.3 is 47.8 Å². The molecule has 0 aromatic rings. The summed E-state index contributed by atoms with van der Waals surface area (Å²) in [6.07, 6.45) is 29.4. The van der Waals surface area contributed by atoms with Crippen LogP contribution in [-0.4, -0.2) is 98.6 Å². The number of hydrogen-bond donors (Lipinski definition) is 0. The van der Waals surface area contributed by atoms with E-state index in [1.807, 2.05) is 0 Å². The van der Waals surface area contributed by atoms with Gasteiger partial charge in [0.1, 0.15) is 38.6 Å². The van der Waals surface area contributed by atoms with Crippen LogP contribution in [0.25, 0.3) is 0 Å². The third kappa shape index (κ3) is 51.6. The van der Waals surface area contributed by atoms with Gasteiger partial charge in [0.25, 0.3) is 0 Å². The van der Waals surface area contributed by atoms with E-state index in [1.54, 1.807) is 0 Å². The van der Waals surface area contributed by atoms with Crippen LogP contribution in [0, 0.1) is 0 Å². The Morgan fingerprint density at radius 2 is 0.500 bits per heavy atom. The lowest BCUT2D eigenvalue weighted by atomic mass is 10.0. The van der Waals surface area contributed by atoms with Gasteiger partial charge < -0.3 is 37.9 Å². The molecule has 0 aliphatic carbocycles. The Morgan fingerprint density at radius 3 is 0.757 bits per heavy atom. The molecule has 0 amide bonds. The van der Waals surface area contributed by atoms with Crippen molar-refractivity contribution in [2.45, 2.75) is 272 Å². The van der Waals surface area contributed by atoms with Crippen LogP contribution < -0.4 is 0 Å². The van der Waals surface area contributed by atoms with Crippen molar-refractivity contribution in [3.8, 4) is 0 Å². The highest BCUT2D eigenvalue weighted by Gasteiger charge is 2.19. The summed E-state index contributed by atoms with van der Waals surface area (Å²) < 4.78 is 40.9. The predicted molar refractivity (Wildman–Crippen MR) is 267 cm³/mol. The summed E-state index contributed by atoms with van der Waals surface area (Å²) >= 11 is 0. The van der Waals surface area contributed by atoms with Crippen LogP contribution >= 0.6 is 0 Å². The molecule has 0 aromatic carbocycles. The average Bonchev–Trinajstić information content (AvgIpc) is 3.28. The Balaban J connectivity index is 0. The number of esters is 8. The average molecular weight is 1000 g/mol. The molecule has 0 fully saturated rings. The molecule has 4 unspecified atom stereocenters. The summed E-state index contributed by atoms with van der Waals surface area (Å²) in [7, 11) is 0. The molecular weight excluding hydrogens is 905 g/mol. The number of ether oxygens (including phenoxy) is 8. The molecule has 0 rings (SSSR count). The molecule has 0 aliphatic heterocycles. The summed E-state index contributed by atoms with van der Waals surface area (Å²) in [4.78, 5) is 90.7. The normalized spacial score (nSPS) is 12.5. The van der Waals surface area contributed by atoms with Gasteiger partial charge in [-0.2, -0.15) is 0 Å². The van der Waals surface area contributed by atoms with E-state index in [9.17, 15) is 38.4 Å². The number of carbonyl (C=O) groups excluding carboxylic acids is 8. The smallest absolute Gasteiger partial charge is 0.305 e. The third-order valence-corrected chi connectivity index (χ3v) is 11.2. The maximum Gasteiger partial charge on any atom is 0.305 e. The van der Waals surface area contributed by atoms with Crippen molar-refractivity contribution in [1.29, 1.82) is 0 Å². The lowest BCUT2D eigenvalue weighted by Gasteiger charge is -2.17. The van der Waals surface area contributed by atoms with Gasteiger partial charge in [-0.25, -0.2) is 0 Å². The van der Waals surface area contributed by atoms with Crippen molar-refractivity contribution in [1.82, 2.24) is 0 Å². The van der Waals surface area contributed by atoms with Crippen molar-refractivity contribution < 1.29 is 76.3 Å². The Kier molecular flexibility index (Phi) is 46.9. The van der Waals surface area contributed by atoms with Crippen LogP contribution in [0.15, 0.2) is 0 Å². The van der Waals surface area contributed by atoms with E-state index in [1.165, 1.54) is 112 Å². The molecule has 0 N–H and O–H groups in total. The molecule has 0 heterocycles. The summed E-state index contributed by atoms with van der Waals surface area (Å²) in [5.74, 6) is -3.17. The van der Waals surface area contributed by atoms with Crippen LogP contribution in [0.1, 0.15) is 248 Å². The quantitative estimate of drug-likeness (QED) is 0.0315. The lowest BCUT2D eigenvalue weighted by molar-refractivity contribution is -0.164. The minimum atomic E-state index is -0.799. The molecule has 0 saturated carbocycles. The van der Waals surface area contributed by atoms with E-state index in [2.05, 4.69) is 13.8 Å². The largest absolute Gasteiger partial charge is 0.463 e. The predicted octanol–water partition coefficient (Wildman–Crippen LogP) is 11.7. The van der Waals surface area contributed by atoms with Crippen LogP contribution in [0.4, 0.5) is 0 Å². The first-order valence-corrected chi connectivity index (χ1v) is 26.8. The van der Waals surface area contributed by atoms with E-state index in [-0.39, 0.29) is 68.9 Å². The Labute approximate surface area is 421 Å². The fraction of sp³-hybridized carbons (Fsp3) is 0.852. The van der Waals surface area contributed by atoms with Crippen molar-refractivity contribution in [3.05, 3.63) is 0 Å². The van der Waals surface area contributed by atoms with Crippen LogP contribution in [0.2, 0.25) is 0 Å². The van der Waals surface area contributed by atoms with Gasteiger partial charge in [0, 0.05) is 54.4 Å². The van der Waals surface area contributed by atoms with E-state index in [0.29, 0.717) is 12.8 Å². The highest BCUT2D eigenvalue weighted by atomic mass is 16.6. The number of carbonyl (C=O) groups is 8. The van der Waals surface area contributed by atoms with Crippen LogP contribution in [-0.2, 0) is 76.3 Å². The van der Waals surface area contributed by atoms with Gasteiger partial charge in [0.15, 0.2) is 12.2 Å². The Hall–Kier alpha value is -4.24. The second-order valence-electron chi connectivity index (χ2n) is 18.3. The van der Waals surface area contributed by atoms with Gasteiger partial charge in [-0.15, -0.1) is 0 Å². The summed E-state index contributed by atoms with van der Waals surface area (Å²) in [6, 6.07) is 0. The van der Waals surface area contributed by atoms with Gasteiger partial charge in [-0.3, -0.25) is 38.4 Å². The zero-order chi connectivity index (χ0) is 52.6. The fourth-order valence-corrected chi connectivity index (χ4v) is 7.63. The molecule has 0 radical (unpaired) electrons. The standard InChI is InChI=1S/2C27H48O8/c1-5-6-7-8-11-14-17-25(34-23(3)29)18-15-12-9-10-13-16-19-27(31)33-21-26(35-24(4)30)20-32-22(2)28;1-5-6-7-8-9-11-14-17-25(34-23(3)29)18-15-12-10-13-16-19-27(31)33-21-26(35-24(4)30)20-32-22(2)28/h2*25-26H,5-21H2,1-4H3.